The van der Waals surface area contributed by atoms with Crippen LogP contribution in [0.1, 0.15) is 21.5 Å². The topological polar surface area (TPSA) is 142 Å². The molecule has 0 unspecified atom stereocenters. The highest BCUT2D eigenvalue weighted by Crippen LogP contribution is 2.14. The molecule has 0 saturated carbocycles. The van der Waals surface area contributed by atoms with E-state index in [0.29, 0.717) is 30.0 Å². The maximum absolute atomic E-state index is 12.3. The van der Waals surface area contributed by atoms with Crippen molar-refractivity contribution in [3.63, 3.8) is 0 Å². The van der Waals surface area contributed by atoms with Crippen LogP contribution in [0, 0.1) is 0 Å². The highest BCUT2D eigenvalue weighted by Gasteiger charge is 2.26. The van der Waals surface area contributed by atoms with E-state index in [1.165, 1.54) is 12.1 Å². The second-order valence-electron chi connectivity index (χ2n) is 6.26. The van der Waals surface area contributed by atoms with Crippen molar-refractivity contribution in [1.29, 1.82) is 0 Å². The maximum atomic E-state index is 12.3. The highest BCUT2D eigenvalue weighted by molar-refractivity contribution is 6.43. The van der Waals surface area contributed by atoms with Gasteiger partial charge in [0.15, 0.2) is 0 Å². The summed E-state index contributed by atoms with van der Waals surface area (Å²) in [7, 11) is -1.79. The first-order valence-corrected chi connectivity index (χ1v) is 8.78. The minimum atomic E-state index is -1.79. The minimum Gasteiger partial charge on any atom is -0.492 e. The van der Waals surface area contributed by atoms with Gasteiger partial charge in [0, 0.05) is 6.54 Å². The molecule has 1 atom stereocenters. The fourth-order valence-electron chi connectivity index (χ4n) is 2.68. The van der Waals surface area contributed by atoms with E-state index in [0.717, 1.165) is 0 Å². The van der Waals surface area contributed by atoms with E-state index in [1.807, 2.05) is 0 Å². The summed E-state index contributed by atoms with van der Waals surface area (Å²) in [6, 6.07) is 13.1. The lowest BCUT2D eigenvalue weighted by Crippen LogP contribution is -2.48. The number of carboxylic acids is 1. The summed E-state index contributed by atoms with van der Waals surface area (Å²) < 4.78 is 5.42. The first-order valence-electron chi connectivity index (χ1n) is 8.78. The van der Waals surface area contributed by atoms with Gasteiger partial charge in [0.1, 0.15) is 12.4 Å². The number of nitrogens with one attached hydrogen (secondary N) is 1. The Bertz CT molecular complexity index is 815. The maximum Gasteiger partial charge on any atom is 0.475 e. The van der Waals surface area contributed by atoms with Crippen molar-refractivity contribution < 1.29 is 29.5 Å². The van der Waals surface area contributed by atoms with E-state index in [1.54, 1.807) is 36.4 Å². The van der Waals surface area contributed by atoms with Gasteiger partial charge < -0.3 is 30.9 Å². The van der Waals surface area contributed by atoms with Gasteiger partial charge in [-0.2, -0.15) is 0 Å². The van der Waals surface area contributed by atoms with Crippen LogP contribution < -0.4 is 15.8 Å². The molecule has 28 heavy (non-hydrogen) atoms. The average Bonchev–Trinajstić information content (AvgIpc) is 2.66. The van der Waals surface area contributed by atoms with Crippen molar-refractivity contribution in [3.05, 3.63) is 65.2 Å². The molecule has 0 radical (unpaired) electrons. The van der Waals surface area contributed by atoms with E-state index in [9.17, 15) is 19.6 Å². The zero-order valence-corrected chi connectivity index (χ0v) is 15.2. The number of rotatable bonds is 10. The Labute approximate surface area is 163 Å². The Morgan fingerprint density at radius 3 is 2.50 bits per heavy atom. The molecule has 2 aromatic carbocycles. The van der Waals surface area contributed by atoms with Crippen molar-refractivity contribution in [2.45, 2.75) is 18.8 Å². The Morgan fingerprint density at radius 1 is 1.11 bits per heavy atom. The smallest absolute Gasteiger partial charge is 0.475 e. The number of hydrogen-bond acceptors (Lipinski definition) is 6. The Morgan fingerprint density at radius 2 is 1.82 bits per heavy atom. The number of carboxylic acid groups (broad SMARTS) is 1. The Balaban J connectivity index is 2.01. The molecule has 0 heterocycles. The summed E-state index contributed by atoms with van der Waals surface area (Å²) in [4.78, 5) is 23.4. The molecule has 0 saturated heterocycles. The molecule has 2 rings (SSSR count). The molecular formula is C19H23BN2O6. The molecule has 0 aliphatic heterocycles. The summed E-state index contributed by atoms with van der Waals surface area (Å²) in [5, 5.41) is 30.8. The number of carbonyl (C=O) groups is 2. The molecule has 0 aliphatic carbocycles. The van der Waals surface area contributed by atoms with Crippen LogP contribution in [0.15, 0.2) is 48.5 Å². The summed E-state index contributed by atoms with van der Waals surface area (Å²) in [5.41, 5.74) is 6.75. The normalized spacial score (nSPS) is 11.5. The van der Waals surface area contributed by atoms with Crippen LogP contribution in [-0.2, 0) is 17.6 Å². The summed E-state index contributed by atoms with van der Waals surface area (Å²) in [6.45, 7) is 0.744. The van der Waals surface area contributed by atoms with Gasteiger partial charge in [0.2, 0.25) is 5.91 Å². The fourth-order valence-corrected chi connectivity index (χ4v) is 2.68. The zero-order chi connectivity index (χ0) is 20.5. The van der Waals surface area contributed by atoms with Gasteiger partial charge in [-0.1, -0.05) is 24.3 Å². The molecule has 0 aromatic heterocycles. The summed E-state index contributed by atoms with van der Waals surface area (Å²) >= 11 is 0. The van der Waals surface area contributed by atoms with E-state index >= 15 is 0 Å². The predicted molar refractivity (Wildman–Crippen MR) is 104 cm³/mol. The van der Waals surface area contributed by atoms with Gasteiger partial charge in [-0.05, 0) is 41.8 Å². The van der Waals surface area contributed by atoms with Crippen molar-refractivity contribution >= 4 is 19.0 Å². The van der Waals surface area contributed by atoms with Crippen LogP contribution in [0.2, 0.25) is 0 Å². The van der Waals surface area contributed by atoms with Crippen LogP contribution in [-0.4, -0.2) is 53.2 Å². The molecule has 1 amide bonds. The summed E-state index contributed by atoms with van der Waals surface area (Å²) in [5.74, 6) is -1.86. The fraction of sp³-hybridized carbons (Fsp3) is 0.263. The van der Waals surface area contributed by atoms with Crippen molar-refractivity contribution in [3.8, 4) is 5.75 Å². The third-order valence-electron chi connectivity index (χ3n) is 3.99. The Hall–Kier alpha value is -2.88. The highest BCUT2D eigenvalue weighted by atomic mass is 16.5. The number of hydrogen-bond donors (Lipinski definition) is 5. The zero-order valence-electron chi connectivity index (χ0n) is 15.2. The molecule has 0 fully saturated rings. The molecule has 9 heteroatoms. The number of nitrogens with two attached hydrogens (primary N) is 1. The van der Waals surface area contributed by atoms with Crippen molar-refractivity contribution in [2.24, 2.45) is 5.73 Å². The third-order valence-corrected chi connectivity index (χ3v) is 3.99. The van der Waals surface area contributed by atoms with Crippen LogP contribution >= 0.6 is 0 Å². The second-order valence-corrected chi connectivity index (χ2v) is 6.26. The quantitative estimate of drug-likeness (QED) is 0.362. The largest absolute Gasteiger partial charge is 0.492 e. The Kier molecular flexibility index (Phi) is 8.00. The first kappa shape index (κ1) is 21.4. The van der Waals surface area contributed by atoms with Crippen LogP contribution in [0.3, 0.4) is 0 Å². The van der Waals surface area contributed by atoms with Crippen LogP contribution in [0.4, 0.5) is 0 Å². The lowest BCUT2D eigenvalue weighted by Gasteiger charge is -2.18. The number of carbonyl (C=O) groups excluding carboxylic acids is 1. The lowest BCUT2D eigenvalue weighted by molar-refractivity contribution is -0.120. The summed E-state index contributed by atoms with van der Waals surface area (Å²) in [6.07, 6.45) is 0.0996. The first-order chi connectivity index (χ1) is 13.4. The van der Waals surface area contributed by atoms with E-state index in [2.05, 4.69) is 5.32 Å². The monoisotopic (exact) mass is 386 g/mol. The van der Waals surface area contributed by atoms with Gasteiger partial charge in [-0.15, -0.1) is 0 Å². The van der Waals surface area contributed by atoms with Crippen LogP contribution in [0.25, 0.3) is 0 Å². The number of ether oxygens (including phenoxy) is 1. The number of aromatic carboxylic acids is 1. The standard InChI is InChI=1S/C19H23BN2O6/c21-7-8-28-16-6-2-4-14(10-16)12-18(23)22-17(20(26)27)11-13-3-1-5-15(9-13)19(24)25/h1-6,9-10,17,26-27H,7-8,11-12,21H2,(H,22,23)(H,24,25)/t17-/m0/s1. The molecule has 0 bridgehead atoms. The predicted octanol–water partition coefficient (Wildman–Crippen LogP) is 0.00430. The average molecular weight is 386 g/mol. The molecule has 148 valence electrons. The minimum absolute atomic E-state index is 0.0260. The molecule has 6 N–H and O–H groups in total. The van der Waals surface area contributed by atoms with Gasteiger partial charge >= 0.3 is 13.1 Å². The molecule has 8 nitrogen and oxygen atoms in total. The molecular weight excluding hydrogens is 363 g/mol. The lowest BCUT2D eigenvalue weighted by atomic mass is 9.75. The van der Waals surface area contributed by atoms with E-state index < -0.39 is 24.9 Å². The van der Waals surface area contributed by atoms with Gasteiger partial charge in [-0.3, -0.25) is 4.79 Å². The van der Waals surface area contributed by atoms with Crippen molar-refractivity contribution in [1.82, 2.24) is 5.32 Å². The van der Waals surface area contributed by atoms with E-state index in [4.69, 9.17) is 15.6 Å². The molecule has 0 spiro atoms. The van der Waals surface area contributed by atoms with Gasteiger partial charge in [0.25, 0.3) is 0 Å². The van der Waals surface area contributed by atoms with Crippen LogP contribution in [0.5, 0.6) is 5.75 Å². The van der Waals surface area contributed by atoms with Gasteiger partial charge in [0.05, 0.1) is 17.9 Å². The van der Waals surface area contributed by atoms with Crippen molar-refractivity contribution in [2.75, 3.05) is 13.2 Å². The number of benzene rings is 2. The third kappa shape index (κ3) is 6.69. The number of amides is 1. The molecule has 2 aromatic rings. The molecule has 0 aliphatic rings. The SMILES string of the molecule is NCCOc1cccc(CC(=O)N[C@@H](Cc2cccc(C(=O)O)c2)B(O)O)c1. The van der Waals surface area contributed by atoms with E-state index in [-0.39, 0.29) is 18.4 Å². The second kappa shape index (κ2) is 10.5. The van der Waals surface area contributed by atoms with Gasteiger partial charge in [-0.25, -0.2) is 4.79 Å².